The molecule has 0 atom stereocenters. The number of aromatic nitrogens is 1. The van der Waals surface area contributed by atoms with E-state index >= 15 is 0 Å². The average Bonchev–Trinajstić information content (AvgIpc) is 2.59. The first-order valence-corrected chi connectivity index (χ1v) is 6.03. The summed E-state index contributed by atoms with van der Waals surface area (Å²) in [6, 6.07) is 6.00. The maximum Gasteiger partial charge on any atom is 0.0798 e. The Balaban J connectivity index is 2.07. The zero-order valence-corrected chi connectivity index (χ0v) is 10.3. The smallest absolute Gasteiger partial charge is 0.0798 e. The Morgan fingerprint density at radius 2 is 2.12 bits per heavy atom. The number of nitrogen functional groups attached to an aromatic ring is 1. The van der Waals surface area contributed by atoms with Crippen LogP contribution >= 0.6 is 11.3 Å². The van der Waals surface area contributed by atoms with E-state index in [9.17, 15) is 0 Å². The van der Waals surface area contributed by atoms with Crippen LogP contribution in [-0.2, 0) is 6.54 Å². The van der Waals surface area contributed by atoms with Gasteiger partial charge in [0.05, 0.1) is 17.7 Å². The van der Waals surface area contributed by atoms with Gasteiger partial charge in [0.2, 0.25) is 0 Å². The molecular weight excluding hydrogens is 218 g/mol. The van der Waals surface area contributed by atoms with Gasteiger partial charge in [-0.1, -0.05) is 0 Å². The van der Waals surface area contributed by atoms with Gasteiger partial charge in [0.1, 0.15) is 0 Å². The second-order valence-corrected chi connectivity index (χ2v) is 4.79. The number of nitrogens with one attached hydrogen (secondary N) is 1. The summed E-state index contributed by atoms with van der Waals surface area (Å²) in [5.41, 5.74) is 11.8. The third-order valence-electron chi connectivity index (χ3n) is 2.40. The molecule has 84 valence electrons. The summed E-state index contributed by atoms with van der Waals surface area (Å²) in [7, 11) is 0. The molecule has 3 N–H and O–H groups in total. The average molecular weight is 233 g/mol. The molecule has 16 heavy (non-hydrogen) atoms. The van der Waals surface area contributed by atoms with E-state index in [4.69, 9.17) is 5.73 Å². The third kappa shape index (κ3) is 2.52. The van der Waals surface area contributed by atoms with Gasteiger partial charge in [0.15, 0.2) is 0 Å². The number of rotatable bonds is 3. The Kier molecular flexibility index (Phi) is 3.10. The molecule has 1 aromatic carbocycles. The molecule has 1 heterocycles. The zero-order chi connectivity index (χ0) is 11.5. The van der Waals surface area contributed by atoms with E-state index in [1.54, 1.807) is 11.3 Å². The topological polar surface area (TPSA) is 50.9 Å². The van der Waals surface area contributed by atoms with Crippen LogP contribution in [0.15, 0.2) is 23.7 Å². The molecular formula is C12H15N3S. The fourth-order valence-corrected chi connectivity index (χ4v) is 2.31. The Morgan fingerprint density at radius 1 is 1.31 bits per heavy atom. The molecule has 0 radical (unpaired) electrons. The number of hydrogen-bond donors (Lipinski definition) is 2. The molecule has 0 fully saturated rings. The maximum absolute atomic E-state index is 5.79. The van der Waals surface area contributed by atoms with E-state index in [2.05, 4.69) is 16.4 Å². The SMILES string of the molecule is Cc1cc(N)cc(NCc2scnc2C)c1. The molecule has 0 unspecified atom stereocenters. The van der Waals surface area contributed by atoms with Crippen molar-refractivity contribution in [3.05, 3.63) is 39.8 Å². The zero-order valence-electron chi connectivity index (χ0n) is 9.45. The predicted octanol–water partition coefficient (Wildman–Crippen LogP) is 2.95. The number of thiazole rings is 1. The fourth-order valence-electron chi connectivity index (χ4n) is 1.59. The van der Waals surface area contributed by atoms with Crippen LogP contribution in [-0.4, -0.2) is 4.98 Å². The standard InChI is InChI=1S/C12H15N3S/c1-8-3-10(13)5-11(4-8)14-6-12-9(2)15-7-16-12/h3-5,7,14H,6,13H2,1-2H3. The lowest BCUT2D eigenvalue weighted by Crippen LogP contribution is -2.00. The molecule has 0 bridgehead atoms. The van der Waals surface area contributed by atoms with E-state index in [1.165, 1.54) is 10.4 Å². The molecule has 0 aliphatic rings. The van der Waals surface area contributed by atoms with E-state index in [-0.39, 0.29) is 0 Å². The Hall–Kier alpha value is -1.55. The van der Waals surface area contributed by atoms with E-state index in [0.717, 1.165) is 23.6 Å². The third-order valence-corrected chi connectivity index (χ3v) is 3.33. The largest absolute Gasteiger partial charge is 0.399 e. The first-order chi connectivity index (χ1) is 7.65. The van der Waals surface area contributed by atoms with Crippen molar-refractivity contribution in [3.8, 4) is 0 Å². The Bertz CT molecular complexity index is 471. The molecule has 0 spiro atoms. The van der Waals surface area contributed by atoms with Crippen LogP contribution in [0, 0.1) is 13.8 Å². The minimum absolute atomic E-state index is 0.795. The van der Waals surface area contributed by atoms with Gasteiger partial charge >= 0.3 is 0 Å². The molecule has 0 saturated heterocycles. The fraction of sp³-hybridized carbons (Fsp3) is 0.250. The van der Waals surface area contributed by atoms with Gasteiger partial charge in [-0.2, -0.15) is 0 Å². The number of hydrogen-bond acceptors (Lipinski definition) is 4. The summed E-state index contributed by atoms with van der Waals surface area (Å²) in [5.74, 6) is 0. The monoisotopic (exact) mass is 233 g/mol. The minimum atomic E-state index is 0.795. The van der Waals surface area contributed by atoms with E-state index in [1.807, 2.05) is 31.5 Å². The second-order valence-electron chi connectivity index (χ2n) is 3.85. The summed E-state index contributed by atoms with van der Waals surface area (Å²) in [4.78, 5) is 5.48. The molecule has 0 aliphatic carbocycles. The summed E-state index contributed by atoms with van der Waals surface area (Å²) in [5, 5.41) is 3.36. The number of nitrogens with zero attached hydrogens (tertiary/aromatic N) is 1. The predicted molar refractivity (Wildman–Crippen MR) is 69.8 cm³/mol. The van der Waals surface area contributed by atoms with Crippen molar-refractivity contribution >= 4 is 22.7 Å². The number of anilines is 2. The highest BCUT2D eigenvalue weighted by molar-refractivity contribution is 7.09. The molecule has 4 heteroatoms. The highest BCUT2D eigenvalue weighted by Crippen LogP contribution is 2.18. The highest BCUT2D eigenvalue weighted by Gasteiger charge is 2.01. The minimum Gasteiger partial charge on any atom is -0.399 e. The molecule has 2 aromatic rings. The quantitative estimate of drug-likeness (QED) is 0.801. The number of aryl methyl sites for hydroxylation is 2. The van der Waals surface area contributed by atoms with Crippen LogP contribution in [0.25, 0.3) is 0 Å². The van der Waals surface area contributed by atoms with Gasteiger partial charge in [-0.25, -0.2) is 4.98 Å². The summed E-state index contributed by atoms with van der Waals surface area (Å²) in [6.07, 6.45) is 0. The van der Waals surface area contributed by atoms with Crippen LogP contribution < -0.4 is 11.1 Å². The Morgan fingerprint density at radius 3 is 2.75 bits per heavy atom. The highest BCUT2D eigenvalue weighted by atomic mass is 32.1. The van der Waals surface area contributed by atoms with Crippen LogP contribution in [0.1, 0.15) is 16.1 Å². The van der Waals surface area contributed by atoms with Gasteiger partial charge < -0.3 is 11.1 Å². The lowest BCUT2D eigenvalue weighted by atomic mass is 10.2. The summed E-state index contributed by atoms with van der Waals surface area (Å²) >= 11 is 1.67. The molecule has 1 aromatic heterocycles. The van der Waals surface area contributed by atoms with Crippen molar-refractivity contribution < 1.29 is 0 Å². The number of nitrogens with two attached hydrogens (primary N) is 1. The van der Waals surface area contributed by atoms with Gasteiger partial charge in [0.25, 0.3) is 0 Å². The normalized spacial score (nSPS) is 10.4. The van der Waals surface area contributed by atoms with Gasteiger partial charge in [0, 0.05) is 16.3 Å². The summed E-state index contributed by atoms with van der Waals surface area (Å²) < 4.78 is 0. The van der Waals surface area contributed by atoms with Crippen LogP contribution in [0.4, 0.5) is 11.4 Å². The van der Waals surface area contributed by atoms with Crippen molar-refractivity contribution in [2.75, 3.05) is 11.1 Å². The van der Waals surface area contributed by atoms with Crippen LogP contribution in [0.2, 0.25) is 0 Å². The first-order valence-electron chi connectivity index (χ1n) is 5.15. The van der Waals surface area contributed by atoms with Gasteiger partial charge in [-0.3, -0.25) is 0 Å². The van der Waals surface area contributed by atoms with Crippen molar-refractivity contribution in [2.24, 2.45) is 0 Å². The van der Waals surface area contributed by atoms with Crippen molar-refractivity contribution in [1.29, 1.82) is 0 Å². The lowest BCUT2D eigenvalue weighted by molar-refractivity contribution is 1.12. The first kappa shape index (κ1) is 11.0. The van der Waals surface area contributed by atoms with Crippen molar-refractivity contribution in [1.82, 2.24) is 4.98 Å². The maximum atomic E-state index is 5.79. The van der Waals surface area contributed by atoms with Gasteiger partial charge in [-0.05, 0) is 37.6 Å². The number of benzene rings is 1. The molecule has 0 amide bonds. The van der Waals surface area contributed by atoms with E-state index in [0.29, 0.717) is 0 Å². The van der Waals surface area contributed by atoms with Crippen molar-refractivity contribution in [3.63, 3.8) is 0 Å². The van der Waals surface area contributed by atoms with Gasteiger partial charge in [-0.15, -0.1) is 11.3 Å². The van der Waals surface area contributed by atoms with E-state index < -0.39 is 0 Å². The molecule has 0 saturated carbocycles. The van der Waals surface area contributed by atoms with Crippen molar-refractivity contribution in [2.45, 2.75) is 20.4 Å². The van der Waals surface area contributed by atoms with Crippen LogP contribution in [0.3, 0.4) is 0 Å². The Labute approximate surface area is 99.3 Å². The summed E-state index contributed by atoms with van der Waals surface area (Å²) in [6.45, 7) is 4.87. The molecule has 3 nitrogen and oxygen atoms in total. The lowest BCUT2D eigenvalue weighted by Gasteiger charge is -2.07. The molecule has 2 rings (SSSR count). The second kappa shape index (κ2) is 4.53. The van der Waals surface area contributed by atoms with Crippen LogP contribution in [0.5, 0.6) is 0 Å². The molecule has 0 aliphatic heterocycles.